The average molecular weight is 449 g/mol. The van der Waals surface area contributed by atoms with Gasteiger partial charge in [-0.15, -0.1) is 0 Å². The minimum atomic E-state index is -0.507. The number of hydrogen-bond donors (Lipinski definition) is 1. The van der Waals surface area contributed by atoms with E-state index in [2.05, 4.69) is 41.5 Å². The van der Waals surface area contributed by atoms with Crippen LogP contribution in [-0.4, -0.2) is 41.8 Å². The van der Waals surface area contributed by atoms with E-state index in [-0.39, 0.29) is 46.6 Å². The van der Waals surface area contributed by atoms with Crippen LogP contribution in [0.25, 0.3) is 0 Å². The van der Waals surface area contributed by atoms with Gasteiger partial charge in [0.05, 0.1) is 11.0 Å². The van der Waals surface area contributed by atoms with Crippen molar-refractivity contribution in [3.8, 4) is 0 Å². The highest BCUT2D eigenvalue weighted by Gasteiger charge is 3.01. The first-order valence-electron chi connectivity index (χ1n) is 13.0. The van der Waals surface area contributed by atoms with Crippen LogP contribution in [0.5, 0.6) is 0 Å². The largest absolute Gasteiger partial charge is 0.458 e. The third-order valence-corrected chi connectivity index (χ3v) is 10.3. The van der Waals surface area contributed by atoms with Crippen molar-refractivity contribution in [2.24, 2.45) is 33.5 Å². The predicted molar refractivity (Wildman–Crippen MR) is 122 cm³/mol. The standard InChI is InChI=1S/C27H44O5/c1-18(2)23(6,15-22(3,4)5)21(29)32-26-14-19-13-25(31-20-9-7-8-12-30-20)16-24(17-26,10-11-28)27(19,25)26/h18-20,28H,7-17H2,1-6H3. The van der Waals surface area contributed by atoms with Gasteiger partial charge in [0, 0.05) is 18.6 Å². The molecule has 0 radical (unpaired) electrons. The summed E-state index contributed by atoms with van der Waals surface area (Å²) in [7, 11) is 0. The molecule has 32 heavy (non-hydrogen) atoms. The van der Waals surface area contributed by atoms with Crippen molar-refractivity contribution in [1.82, 2.24) is 0 Å². The van der Waals surface area contributed by atoms with Crippen LogP contribution in [0.2, 0.25) is 0 Å². The summed E-state index contributed by atoms with van der Waals surface area (Å²) < 4.78 is 19.3. The summed E-state index contributed by atoms with van der Waals surface area (Å²) in [6.45, 7) is 14.0. The first-order valence-corrected chi connectivity index (χ1v) is 13.0. The van der Waals surface area contributed by atoms with Crippen LogP contribution in [-0.2, 0) is 19.0 Å². The first kappa shape index (κ1) is 23.1. The number of ether oxygens (including phenoxy) is 3. The van der Waals surface area contributed by atoms with Crippen molar-refractivity contribution in [1.29, 1.82) is 0 Å². The van der Waals surface area contributed by atoms with Crippen molar-refractivity contribution >= 4 is 5.97 Å². The summed E-state index contributed by atoms with van der Waals surface area (Å²) in [4.78, 5) is 13.8. The second-order valence-electron chi connectivity index (χ2n) is 13.6. The second kappa shape index (κ2) is 6.95. The zero-order valence-electron chi connectivity index (χ0n) is 21.1. The quantitative estimate of drug-likeness (QED) is 0.515. The molecule has 7 unspecified atom stereocenters. The number of hydrogen-bond acceptors (Lipinski definition) is 5. The summed E-state index contributed by atoms with van der Waals surface area (Å²) in [5.41, 5.74) is -1.09. The fraction of sp³-hybridized carbons (Fsp3) is 0.963. The molecule has 0 aromatic carbocycles. The fourth-order valence-corrected chi connectivity index (χ4v) is 9.33. The van der Waals surface area contributed by atoms with Gasteiger partial charge in [0.1, 0.15) is 5.60 Å². The van der Waals surface area contributed by atoms with Gasteiger partial charge in [-0.1, -0.05) is 34.6 Å². The van der Waals surface area contributed by atoms with E-state index >= 15 is 0 Å². The first-order chi connectivity index (χ1) is 14.9. The smallest absolute Gasteiger partial charge is 0.312 e. The van der Waals surface area contributed by atoms with E-state index in [1.165, 1.54) is 0 Å². The SMILES string of the molecule is CC(C)C(C)(CC(C)(C)C)C(=O)OC12CC3CC4(OC5CCCCO5)CC(CCO)(C1)C324. The number of rotatable bonds is 8. The molecule has 5 aliphatic rings. The van der Waals surface area contributed by atoms with Gasteiger partial charge in [-0.25, -0.2) is 0 Å². The van der Waals surface area contributed by atoms with Crippen LogP contribution in [0.15, 0.2) is 0 Å². The zero-order valence-corrected chi connectivity index (χ0v) is 21.1. The number of esters is 1. The van der Waals surface area contributed by atoms with E-state index in [0.717, 1.165) is 64.4 Å². The third-order valence-electron chi connectivity index (χ3n) is 10.3. The lowest BCUT2D eigenvalue weighted by atomic mass is 9.09. The summed E-state index contributed by atoms with van der Waals surface area (Å²) in [6.07, 6.45) is 8.60. The average Bonchev–Trinajstić information content (AvgIpc) is 2.64. The molecule has 0 bridgehead atoms. The van der Waals surface area contributed by atoms with Crippen molar-refractivity contribution in [3.05, 3.63) is 0 Å². The number of carbonyl (C=O) groups excluding carboxylic acids is 1. The van der Waals surface area contributed by atoms with E-state index in [0.29, 0.717) is 5.92 Å². The van der Waals surface area contributed by atoms with Crippen LogP contribution in [0.1, 0.15) is 99.3 Å². The van der Waals surface area contributed by atoms with E-state index in [1.807, 2.05) is 0 Å². The minimum Gasteiger partial charge on any atom is -0.458 e. The van der Waals surface area contributed by atoms with Crippen molar-refractivity contribution in [3.63, 3.8) is 0 Å². The third kappa shape index (κ3) is 2.65. The van der Waals surface area contributed by atoms with Crippen molar-refractivity contribution in [2.75, 3.05) is 13.2 Å². The monoisotopic (exact) mass is 448 g/mol. The van der Waals surface area contributed by atoms with E-state index in [9.17, 15) is 9.90 Å². The summed E-state index contributed by atoms with van der Waals surface area (Å²) in [5.74, 6) is 0.732. The fourth-order valence-electron chi connectivity index (χ4n) is 9.33. The molecule has 5 heteroatoms. The molecular formula is C27H44O5. The van der Waals surface area contributed by atoms with Crippen LogP contribution >= 0.6 is 0 Å². The van der Waals surface area contributed by atoms with Gasteiger partial charge in [-0.3, -0.25) is 4.79 Å². The molecule has 5 nitrogen and oxygen atoms in total. The molecule has 1 aliphatic heterocycles. The predicted octanol–water partition coefficient (Wildman–Crippen LogP) is 5.24. The molecule has 1 N–H and O–H groups in total. The molecule has 5 fully saturated rings. The topological polar surface area (TPSA) is 65.0 Å². The van der Waals surface area contributed by atoms with Gasteiger partial charge in [-0.05, 0) is 87.4 Å². The van der Waals surface area contributed by atoms with Crippen molar-refractivity contribution in [2.45, 2.75) is 117 Å². The van der Waals surface area contributed by atoms with Gasteiger partial charge < -0.3 is 19.3 Å². The van der Waals surface area contributed by atoms with Gasteiger partial charge in [0.2, 0.25) is 0 Å². The summed E-state index contributed by atoms with van der Waals surface area (Å²) in [5, 5.41) is 9.87. The number of aliphatic hydroxyl groups excluding tert-OH is 1. The molecule has 0 aromatic heterocycles. The molecular weight excluding hydrogens is 404 g/mol. The molecule has 1 saturated heterocycles. The Morgan fingerprint density at radius 3 is 2.38 bits per heavy atom. The molecule has 1 heterocycles. The molecule has 0 aromatic rings. The Balaban J connectivity index is 1.40. The maximum Gasteiger partial charge on any atom is 0.312 e. The Bertz CT molecular complexity index is 781. The van der Waals surface area contributed by atoms with Gasteiger partial charge in [-0.2, -0.15) is 0 Å². The molecule has 4 aliphatic carbocycles. The lowest BCUT2D eigenvalue weighted by Crippen LogP contribution is -3.01. The van der Waals surface area contributed by atoms with Gasteiger partial charge in [0.25, 0.3) is 0 Å². The molecule has 0 amide bonds. The lowest BCUT2D eigenvalue weighted by Gasteiger charge is -2.97. The Hall–Kier alpha value is -0.650. The van der Waals surface area contributed by atoms with E-state index < -0.39 is 11.0 Å². The van der Waals surface area contributed by atoms with E-state index in [4.69, 9.17) is 14.2 Å². The number of carbonyl (C=O) groups is 1. The van der Waals surface area contributed by atoms with Crippen LogP contribution in [0, 0.1) is 33.5 Å². The van der Waals surface area contributed by atoms with Crippen LogP contribution in [0.4, 0.5) is 0 Å². The zero-order chi connectivity index (χ0) is 23.2. The molecule has 7 atom stereocenters. The summed E-state index contributed by atoms with van der Waals surface area (Å²) >= 11 is 0. The van der Waals surface area contributed by atoms with Gasteiger partial charge in [0.15, 0.2) is 6.29 Å². The highest BCUT2D eigenvalue weighted by molar-refractivity contribution is 5.78. The Labute approximate surface area is 193 Å². The van der Waals surface area contributed by atoms with Gasteiger partial charge >= 0.3 is 5.97 Å². The minimum absolute atomic E-state index is 0.0329. The summed E-state index contributed by atoms with van der Waals surface area (Å²) in [6, 6.07) is 0. The maximum atomic E-state index is 13.8. The Morgan fingerprint density at radius 1 is 1.12 bits per heavy atom. The van der Waals surface area contributed by atoms with Crippen molar-refractivity contribution < 1.29 is 24.1 Å². The molecule has 1 spiro atoms. The lowest BCUT2D eigenvalue weighted by molar-refractivity contribution is -0.558. The highest BCUT2D eigenvalue weighted by Crippen LogP contribution is 2.97. The molecule has 5 rings (SSSR count). The normalized spacial score (nSPS) is 45.9. The van der Waals surface area contributed by atoms with Crippen LogP contribution < -0.4 is 0 Å². The number of aliphatic hydroxyl groups is 1. The second-order valence-corrected chi connectivity index (χ2v) is 13.6. The van der Waals surface area contributed by atoms with E-state index in [1.54, 1.807) is 0 Å². The van der Waals surface area contributed by atoms with Crippen LogP contribution in [0.3, 0.4) is 0 Å². The highest BCUT2D eigenvalue weighted by atomic mass is 16.7. The molecule has 182 valence electrons. The maximum absolute atomic E-state index is 13.8. The molecule has 4 saturated carbocycles. The Morgan fingerprint density at radius 2 is 1.81 bits per heavy atom. The Kier molecular flexibility index (Phi) is 5.02.